The summed E-state index contributed by atoms with van der Waals surface area (Å²) in [5.41, 5.74) is 0.959. The molecule has 0 bridgehead atoms. The van der Waals surface area contributed by atoms with Crippen molar-refractivity contribution in [3.63, 3.8) is 0 Å². The van der Waals surface area contributed by atoms with Crippen molar-refractivity contribution in [2.45, 2.75) is 19.0 Å². The highest BCUT2D eigenvalue weighted by Crippen LogP contribution is 2.46. The zero-order valence-electron chi connectivity index (χ0n) is 16.7. The van der Waals surface area contributed by atoms with Gasteiger partial charge in [0, 0.05) is 34.4 Å². The van der Waals surface area contributed by atoms with Crippen LogP contribution in [0.5, 0.6) is 0 Å². The van der Waals surface area contributed by atoms with Gasteiger partial charge in [-0.3, -0.25) is 14.5 Å². The molecule has 4 amide bonds. The molecular weight excluding hydrogens is 420 g/mol. The van der Waals surface area contributed by atoms with Gasteiger partial charge in [-0.1, -0.05) is 47.1 Å². The monoisotopic (exact) mass is 436 g/mol. The smallest absolute Gasteiger partial charge is 0.328 e. The van der Waals surface area contributed by atoms with E-state index in [-0.39, 0.29) is 6.54 Å². The minimum absolute atomic E-state index is 0.0769. The van der Waals surface area contributed by atoms with Crippen LogP contribution in [0.15, 0.2) is 53.1 Å². The second-order valence-electron chi connectivity index (χ2n) is 7.52. The first kappa shape index (κ1) is 19.3. The molecule has 3 heterocycles. The average Bonchev–Trinajstić information content (AvgIpc) is 3.33. The van der Waals surface area contributed by atoms with E-state index < -0.39 is 23.4 Å². The number of anilines is 1. The number of hydrogen-bond acceptors (Lipinski definition) is 5. The minimum Gasteiger partial charge on any atom is -0.361 e. The van der Waals surface area contributed by atoms with Crippen LogP contribution in [0.4, 0.5) is 10.5 Å². The summed E-state index contributed by atoms with van der Waals surface area (Å²) in [5.74, 6) is -0.737. The SMILES string of the molecule is Cc1onc(-c2ccccc2)c1CN1C(=O)N(C)C2(C(=O)Nc3ccc(Cl)cc32)C1=O. The number of benzene rings is 2. The van der Waals surface area contributed by atoms with Crippen molar-refractivity contribution >= 4 is 35.1 Å². The molecule has 1 spiro atoms. The van der Waals surface area contributed by atoms with E-state index in [9.17, 15) is 14.4 Å². The number of imide groups is 1. The molecule has 0 aliphatic carbocycles. The number of aromatic nitrogens is 1. The Morgan fingerprint density at radius 3 is 2.61 bits per heavy atom. The number of nitrogens with one attached hydrogen (secondary N) is 1. The molecule has 9 heteroatoms. The number of fused-ring (bicyclic) bond motifs is 2. The Hall–Kier alpha value is -3.65. The van der Waals surface area contributed by atoms with Gasteiger partial charge in [0.15, 0.2) is 0 Å². The van der Waals surface area contributed by atoms with Crippen molar-refractivity contribution in [2.24, 2.45) is 0 Å². The highest BCUT2D eigenvalue weighted by Gasteiger charge is 2.65. The molecule has 31 heavy (non-hydrogen) atoms. The van der Waals surface area contributed by atoms with Crippen LogP contribution >= 0.6 is 11.6 Å². The predicted molar refractivity (Wildman–Crippen MR) is 112 cm³/mol. The number of likely N-dealkylation sites (N-methyl/N-ethyl adjacent to an activating group) is 1. The molecule has 1 saturated heterocycles. The first-order valence-electron chi connectivity index (χ1n) is 9.57. The van der Waals surface area contributed by atoms with Gasteiger partial charge in [0.2, 0.25) is 5.54 Å². The van der Waals surface area contributed by atoms with Gasteiger partial charge >= 0.3 is 6.03 Å². The number of aryl methyl sites for hydroxylation is 1. The number of rotatable bonds is 3. The first-order valence-corrected chi connectivity index (χ1v) is 9.95. The molecule has 2 aliphatic rings. The van der Waals surface area contributed by atoms with Gasteiger partial charge < -0.3 is 14.7 Å². The zero-order valence-corrected chi connectivity index (χ0v) is 17.4. The van der Waals surface area contributed by atoms with Gasteiger partial charge in [-0.2, -0.15) is 0 Å². The topological polar surface area (TPSA) is 95.8 Å². The molecular formula is C22H17ClN4O4. The highest BCUT2D eigenvalue weighted by atomic mass is 35.5. The van der Waals surface area contributed by atoms with Crippen molar-refractivity contribution in [3.05, 3.63) is 70.4 Å². The van der Waals surface area contributed by atoms with E-state index in [4.69, 9.17) is 16.1 Å². The summed E-state index contributed by atoms with van der Waals surface area (Å²) in [4.78, 5) is 42.0. The molecule has 2 aliphatic heterocycles. The Morgan fingerprint density at radius 2 is 1.87 bits per heavy atom. The Morgan fingerprint density at radius 1 is 1.13 bits per heavy atom. The summed E-state index contributed by atoms with van der Waals surface area (Å²) in [6, 6.07) is 13.5. The van der Waals surface area contributed by atoms with E-state index in [1.807, 2.05) is 30.3 Å². The lowest BCUT2D eigenvalue weighted by atomic mass is 9.90. The van der Waals surface area contributed by atoms with Crippen molar-refractivity contribution < 1.29 is 18.9 Å². The van der Waals surface area contributed by atoms with Gasteiger partial charge in [0.1, 0.15) is 11.5 Å². The summed E-state index contributed by atoms with van der Waals surface area (Å²) in [6.07, 6.45) is 0. The van der Waals surface area contributed by atoms with Crippen LogP contribution in [0.2, 0.25) is 5.02 Å². The summed E-state index contributed by atoms with van der Waals surface area (Å²) in [7, 11) is 1.44. The molecule has 3 aromatic rings. The molecule has 2 aromatic carbocycles. The van der Waals surface area contributed by atoms with Crippen molar-refractivity contribution in [1.29, 1.82) is 0 Å². The van der Waals surface area contributed by atoms with Gasteiger partial charge in [-0.05, 0) is 25.1 Å². The zero-order chi connectivity index (χ0) is 21.9. The Labute approximate surface area is 182 Å². The second-order valence-corrected chi connectivity index (χ2v) is 7.96. The predicted octanol–water partition coefficient (Wildman–Crippen LogP) is 3.55. The number of nitrogens with zero attached hydrogens (tertiary/aromatic N) is 3. The fraction of sp³-hybridized carbons (Fsp3) is 0.182. The van der Waals surface area contributed by atoms with E-state index in [0.717, 1.165) is 15.4 Å². The van der Waals surface area contributed by atoms with Crippen LogP contribution in [0.25, 0.3) is 11.3 Å². The number of amides is 4. The summed E-state index contributed by atoms with van der Waals surface area (Å²) in [6.45, 7) is 1.64. The van der Waals surface area contributed by atoms with Crippen LogP contribution in [-0.2, 0) is 21.7 Å². The summed E-state index contributed by atoms with van der Waals surface area (Å²) >= 11 is 6.14. The number of halogens is 1. The summed E-state index contributed by atoms with van der Waals surface area (Å²) in [5, 5.41) is 7.17. The maximum absolute atomic E-state index is 13.6. The number of urea groups is 1. The van der Waals surface area contributed by atoms with Gasteiger partial charge in [0.05, 0.1) is 6.54 Å². The molecule has 0 saturated carbocycles. The van der Waals surface area contributed by atoms with Crippen LogP contribution in [0.3, 0.4) is 0 Å². The minimum atomic E-state index is -1.80. The Kier molecular flexibility index (Phi) is 4.16. The Balaban J connectivity index is 1.59. The molecule has 8 nitrogen and oxygen atoms in total. The molecule has 1 atom stereocenters. The lowest BCUT2D eigenvalue weighted by Crippen LogP contribution is -2.50. The third-order valence-corrected chi connectivity index (χ3v) is 6.11. The van der Waals surface area contributed by atoms with Gasteiger partial charge in [0.25, 0.3) is 11.8 Å². The molecule has 156 valence electrons. The van der Waals surface area contributed by atoms with Crippen LogP contribution in [-0.4, -0.2) is 39.8 Å². The van der Waals surface area contributed by atoms with Crippen molar-refractivity contribution in [2.75, 3.05) is 12.4 Å². The largest absolute Gasteiger partial charge is 0.361 e. The van der Waals surface area contributed by atoms with Crippen LogP contribution in [0.1, 0.15) is 16.9 Å². The van der Waals surface area contributed by atoms with E-state index in [0.29, 0.717) is 33.3 Å². The quantitative estimate of drug-likeness (QED) is 0.500. The third-order valence-electron chi connectivity index (χ3n) is 5.87. The lowest BCUT2D eigenvalue weighted by molar-refractivity contribution is -0.140. The molecule has 5 rings (SSSR count). The number of carbonyl (C=O) groups excluding carboxylic acids is 3. The van der Waals surface area contributed by atoms with E-state index in [1.165, 1.54) is 7.05 Å². The second kappa shape index (κ2) is 6.68. The third kappa shape index (κ3) is 2.55. The molecule has 1 aromatic heterocycles. The van der Waals surface area contributed by atoms with Crippen LogP contribution in [0, 0.1) is 6.92 Å². The van der Waals surface area contributed by atoms with Gasteiger partial charge in [-0.25, -0.2) is 4.79 Å². The number of carbonyl (C=O) groups is 3. The molecule has 1 fully saturated rings. The van der Waals surface area contributed by atoms with E-state index >= 15 is 0 Å². The van der Waals surface area contributed by atoms with E-state index in [1.54, 1.807) is 25.1 Å². The molecule has 1 unspecified atom stereocenters. The summed E-state index contributed by atoms with van der Waals surface area (Å²) < 4.78 is 5.36. The fourth-order valence-corrected chi connectivity index (χ4v) is 4.43. The van der Waals surface area contributed by atoms with Crippen molar-refractivity contribution in [3.8, 4) is 11.3 Å². The van der Waals surface area contributed by atoms with Crippen LogP contribution < -0.4 is 5.32 Å². The standard InChI is InChI=1S/C22H17ClN4O4/c1-12-15(18(25-31-12)13-6-4-3-5-7-13)11-27-20(29)22(26(2)21(27)30)16-10-14(23)8-9-17(16)24-19(22)28/h3-10H,11H2,1-2H3,(H,24,28). The maximum Gasteiger partial charge on any atom is 0.328 e. The molecule has 1 N–H and O–H groups in total. The number of hydrogen-bond donors (Lipinski definition) is 1. The maximum atomic E-state index is 13.6. The average molecular weight is 437 g/mol. The van der Waals surface area contributed by atoms with Gasteiger partial charge in [-0.15, -0.1) is 0 Å². The van der Waals surface area contributed by atoms with E-state index in [2.05, 4.69) is 10.5 Å². The molecule has 0 radical (unpaired) electrons. The lowest BCUT2D eigenvalue weighted by Gasteiger charge is -2.26. The van der Waals surface area contributed by atoms with Crippen molar-refractivity contribution in [1.82, 2.24) is 15.0 Å². The fourth-order valence-electron chi connectivity index (χ4n) is 4.25. The normalized spacial score (nSPS) is 20.0. The Bertz CT molecular complexity index is 1260. The first-order chi connectivity index (χ1) is 14.9. The highest BCUT2D eigenvalue weighted by molar-refractivity contribution is 6.32.